The lowest BCUT2D eigenvalue weighted by atomic mass is 9.94. The van der Waals surface area contributed by atoms with Gasteiger partial charge < -0.3 is 10.2 Å². The van der Waals surface area contributed by atoms with Gasteiger partial charge in [0.15, 0.2) is 0 Å². The van der Waals surface area contributed by atoms with Crippen molar-refractivity contribution in [3.05, 3.63) is 71.0 Å². The molecule has 0 bridgehead atoms. The third kappa shape index (κ3) is 5.29. The Kier molecular flexibility index (Phi) is 6.47. The van der Waals surface area contributed by atoms with Crippen LogP contribution in [-0.4, -0.2) is 54.3 Å². The molecule has 7 nitrogen and oxygen atoms in total. The lowest BCUT2D eigenvalue weighted by Crippen LogP contribution is -2.69. The van der Waals surface area contributed by atoms with Gasteiger partial charge in [-0.25, -0.2) is 12.8 Å². The standard InChI is InChI=1S/C22H26FN3O4S/c1-16-4-6-18(7-5-16)13-26-20(27)14-25(31(3,29)30)15-22(26,2)21(28)24-12-17-8-10-19(23)11-9-17/h4-11H,12-15H2,1-3H3,(H,24,28)/t22-/m0/s1. The highest BCUT2D eigenvalue weighted by Gasteiger charge is 2.49. The molecule has 1 fully saturated rings. The Morgan fingerprint density at radius 3 is 2.26 bits per heavy atom. The largest absolute Gasteiger partial charge is 0.350 e. The second-order valence-electron chi connectivity index (χ2n) is 8.08. The van der Waals surface area contributed by atoms with Crippen LogP contribution in [0.1, 0.15) is 23.6 Å². The molecular weight excluding hydrogens is 421 g/mol. The van der Waals surface area contributed by atoms with Gasteiger partial charge >= 0.3 is 0 Å². The zero-order chi connectivity index (χ0) is 22.8. The average Bonchev–Trinajstić information content (AvgIpc) is 2.70. The molecule has 1 aliphatic rings. The number of aryl methyl sites for hydroxylation is 1. The summed E-state index contributed by atoms with van der Waals surface area (Å²) in [5.41, 5.74) is 1.18. The van der Waals surface area contributed by atoms with Gasteiger partial charge in [0.2, 0.25) is 21.8 Å². The van der Waals surface area contributed by atoms with Gasteiger partial charge in [-0.15, -0.1) is 0 Å². The molecule has 1 saturated heterocycles. The van der Waals surface area contributed by atoms with Crippen molar-refractivity contribution in [2.24, 2.45) is 0 Å². The quantitative estimate of drug-likeness (QED) is 0.732. The molecule has 0 spiro atoms. The SMILES string of the molecule is Cc1ccc(CN2C(=O)CN(S(C)(=O)=O)C[C@@]2(C)C(=O)NCc2ccc(F)cc2)cc1. The number of sulfonamides is 1. The molecular formula is C22H26FN3O4S. The normalized spacial score (nSPS) is 20.0. The number of benzene rings is 2. The van der Waals surface area contributed by atoms with E-state index in [1.54, 1.807) is 19.1 Å². The van der Waals surface area contributed by atoms with E-state index in [9.17, 15) is 22.4 Å². The minimum atomic E-state index is -3.67. The molecule has 2 aromatic rings. The van der Waals surface area contributed by atoms with Crippen LogP contribution in [0, 0.1) is 12.7 Å². The smallest absolute Gasteiger partial charge is 0.247 e. The van der Waals surface area contributed by atoms with Gasteiger partial charge in [0.05, 0.1) is 12.8 Å². The molecule has 1 heterocycles. The maximum absolute atomic E-state index is 13.2. The molecule has 3 rings (SSSR count). The number of carbonyl (C=O) groups is 2. The molecule has 31 heavy (non-hydrogen) atoms. The molecule has 0 unspecified atom stereocenters. The molecule has 0 radical (unpaired) electrons. The zero-order valence-corrected chi connectivity index (χ0v) is 18.6. The summed E-state index contributed by atoms with van der Waals surface area (Å²) in [6, 6.07) is 13.3. The number of hydrogen-bond donors (Lipinski definition) is 1. The summed E-state index contributed by atoms with van der Waals surface area (Å²) in [5.74, 6) is -1.31. The Hall–Kier alpha value is -2.78. The molecule has 1 atom stereocenters. The van der Waals surface area contributed by atoms with E-state index in [2.05, 4.69) is 5.32 Å². The Balaban J connectivity index is 1.87. The predicted octanol–water partition coefficient (Wildman–Crippen LogP) is 1.81. The number of hydrogen-bond acceptors (Lipinski definition) is 4. The van der Waals surface area contributed by atoms with Crippen molar-refractivity contribution in [1.82, 2.24) is 14.5 Å². The second-order valence-corrected chi connectivity index (χ2v) is 10.1. The summed E-state index contributed by atoms with van der Waals surface area (Å²) < 4.78 is 38.4. The van der Waals surface area contributed by atoms with E-state index in [1.165, 1.54) is 17.0 Å². The molecule has 2 aromatic carbocycles. The lowest BCUT2D eigenvalue weighted by molar-refractivity contribution is -0.153. The Labute approximate surface area is 181 Å². The summed E-state index contributed by atoms with van der Waals surface area (Å²) in [7, 11) is -3.67. The first-order chi connectivity index (χ1) is 14.5. The Morgan fingerprint density at radius 2 is 1.68 bits per heavy atom. The van der Waals surface area contributed by atoms with Crippen LogP contribution in [0.4, 0.5) is 4.39 Å². The Morgan fingerprint density at radius 1 is 1.10 bits per heavy atom. The number of nitrogens with one attached hydrogen (secondary N) is 1. The average molecular weight is 448 g/mol. The third-order valence-electron chi connectivity index (χ3n) is 5.48. The van der Waals surface area contributed by atoms with E-state index in [1.807, 2.05) is 31.2 Å². The number of carbonyl (C=O) groups excluding carboxylic acids is 2. The fourth-order valence-corrected chi connectivity index (χ4v) is 4.37. The van der Waals surface area contributed by atoms with Crippen molar-refractivity contribution in [2.45, 2.75) is 32.5 Å². The molecule has 1 aliphatic heterocycles. The van der Waals surface area contributed by atoms with Crippen LogP contribution < -0.4 is 5.32 Å². The van der Waals surface area contributed by atoms with E-state index < -0.39 is 27.4 Å². The van der Waals surface area contributed by atoms with Gasteiger partial charge in [0, 0.05) is 19.6 Å². The van der Waals surface area contributed by atoms with Crippen LogP contribution in [0.3, 0.4) is 0 Å². The van der Waals surface area contributed by atoms with E-state index in [4.69, 9.17) is 0 Å². The number of rotatable bonds is 6. The van der Waals surface area contributed by atoms with Gasteiger partial charge in [-0.05, 0) is 37.1 Å². The molecule has 2 amide bonds. The number of halogens is 1. The summed E-state index contributed by atoms with van der Waals surface area (Å²) in [4.78, 5) is 27.6. The van der Waals surface area contributed by atoms with Gasteiger partial charge in [0.1, 0.15) is 11.4 Å². The second kappa shape index (κ2) is 8.76. The number of amides is 2. The van der Waals surface area contributed by atoms with Crippen molar-refractivity contribution in [2.75, 3.05) is 19.3 Å². The molecule has 0 aromatic heterocycles. The highest BCUT2D eigenvalue weighted by molar-refractivity contribution is 7.88. The van der Waals surface area contributed by atoms with Crippen molar-refractivity contribution in [3.8, 4) is 0 Å². The van der Waals surface area contributed by atoms with E-state index in [0.717, 1.165) is 21.7 Å². The third-order valence-corrected chi connectivity index (χ3v) is 6.67. The van der Waals surface area contributed by atoms with E-state index in [-0.39, 0.29) is 32.0 Å². The highest BCUT2D eigenvalue weighted by Crippen LogP contribution is 2.27. The van der Waals surface area contributed by atoms with Gasteiger partial charge in [-0.3, -0.25) is 9.59 Å². The molecule has 0 saturated carbocycles. The highest BCUT2D eigenvalue weighted by atomic mass is 32.2. The summed E-state index contributed by atoms with van der Waals surface area (Å²) >= 11 is 0. The van der Waals surface area contributed by atoms with Crippen LogP contribution in [0.15, 0.2) is 48.5 Å². The molecule has 9 heteroatoms. The molecule has 1 N–H and O–H groups in total. The van der Waals surface area contributed by atoms with Crippen LogP contribution in [0.5, 0.6) is 0 Å². The van der Waals surface area contributed by atoms with Crippen LogP contribution in [-0.2, 0) is 32.7 Å². The monoisotopic (exact) mass is 447 g/mol. The number of piperazine rings is 1. The van der Waals surface area contributed by atoms with E-state index in [0.29, 0.717) is 5.56 Å². The van der Waals surface area contributed by atoms with Gasteiger partial charge in [-0.1, -0.05) is 42.0 Å². The Bertz CT molecular complexity index is 1070. The predicted molar refractivity (Wildman–Crippen MR) is 115 cm³/mol. The zero-order valence-electron chi connectivity index (χ0n) is 17.8. The summed E-state index contributed by atoms with van der Waals surface area (Å²) in [5, 5.41) is 2.77. The van der Waals surface area contributed by atoms with Crippen molar-refractivity contribution in [1.29, 1.82) is 0 Å². The summed E-state index contributed by atoms with van der Waals surface area (Å²) in [6.07, 6.45) is 1.02. The maximum Gasteiger partial charge on any atom is 0.247 e. The lowest BCUT2D eigenvalue weighted by Gasteiger charge is -2.46. The van der Waals surface area contributed by atoms with Crippen LogP contribution in [0.25, 0.3) is 0 Å². The molecule has 0 aliphatic carbocycles. The topological polar surface area (TPSA) is 86.8 Å². The maximum atomic E-state index is 13.2. The molecule has 166 valence electrons. The first kappa shape index (κ1) is 22.9. The van der Waals surface area contributed by atoms with E-state index >= 15 is 0 Å². The summed E-state index contributed by atoms with van der Waals surface area (Å²) in [6.45, 7) is 3.35. The first-order valence-electron chi connectivity index (χ1n) is 9.83. The fraction of sp³-hybridized carbons (Fsp3) is 0.364. The van der Waals surface area contributed by atoms with Crippen LogP contribution >= 0.6 is 0 Å². The van der Waals surface area contributed by atoms with Gasteiger partial charge in [-0.2, -0.15) is 4.31 Å². The van der Waals surface area contributed by atoms with Gasteiger partial charge in [0.25, 0.3) is 0 Å². The van der Waals surface area contributed by atoms with Crippen molar-refractivity contribution < 1.29 is 22.4 Å². The first-order valence-corrected chi connectivity index (χ1v) is 11.7. The minimum Gasteiger partial charge on any atom is -0.350 e. The number of nitrogens with zero attached hydrogens (tertiary/aromatic N) is 2. The van der Waals surface area contributed by atoms with Crippen molar-refractivity contribution >= 4 is 21.8 Å². The minimum absolute atomic E-state index is 0.125. The van der Waals surface area contributed by atoms with Crippen LogP contribution in [0.2, 0.25) is 0 Å². The fourth-order valence-electron chi connectivity index (χ4n) is 3.54. The van der Waals surface area contributed by atoms with Crippen molar-refractivity contribution in [3.63, 3.8) is 0 Å².